The van der Waals surface area contributed by atoms with Crippen LogP contribution in [0.1, 0.15) is 54.2 Å². The van der Waals surface area contributed by atoms with Gasteiger partial charge in [0.2, 0.25) is 0 Å². The van der Waals surface area contributed by atoms with E-state index in [9.17, 15) is 9.90 Å². The molecule has 0 spiro atoms. The van der Waals surface area contributed by atoms with Crippen LogP contribution in [0.2, 0.25) is 0 Å². The topological polar surface area (TPSA) is 105 Å². The number of nitrogens with one attached hydrogen (secondary N) is 1. The third-order valence-electron chi connectivity index (χ3n) is 10.8. The van der Waals surface area contributed by atoms with Gasteiger partial charge in [0.15, 0.2) is 0 Å². The molecule has 7 rings (SSSR count). The van der Waals surface area contributed by atoms with Crippen LogP contribution in [0.25, 0.3) is 0 Å². The summed E-state index contributed by atoms with van der Waals surface area (Å²) < 4.78 is 39.9. The number of rotatable bonds is 18. The van der Waals surface area contributed by atoms with Gasteiger partial charge in [-0.3, -0.25) is 0 Å². The van der Waals surface area contributed by atoms with E-state index in [1.807, 2.05) is 182 Å². The number of carbonyl (C=O) groups excluding carboxylic acids is 1. The minimum atomic E-state index is -1.31. The molecule has 0 radical (unpaired) electrons. The van der Waals surface area contributed by atoms with E-state index in [2.05, 4.69) is 5.32 Å². The second-order valence-corrected chi connectivity index (χ2v) is 16.5. The number of amides is 1. The Balaban J connectivity index is 1.28. The Morgan fingerprint density at radius 2 is 1.00 bits per heavy atom. The predicted molar refractivity (Wildman–Crippen MR) is 239 cm³/mol. The smallest absolute Gasteiger partial charge is 0.408 e. The van der Waals surface area contributed by atoms with Crippen molar-refractivity contribution >= 4 is 6.09 Å². The summed E-state index contributed by atoms with van der Waals surface area (Å²) in [7, 11) is 0. The van der Waals surface area contributed by atoms with E-state index in [-0.39, 0.29) is 26.4 Å². The lowest BCUT2D eigenvalue weighted by Gasteiger charge is -2.48. The van der Waals surface area contributed by atoms with Gasteiger partial charge in [-0.2, -0.15) is 0 Å². The zero-order valence-electron chi connectivity index (χ0n) is 35.6. The maximum Gasteiger partial charge on any atom is 0.408 e. The molecule has 62 heavy (non-hydrogen) atoms. The van der Waals surface area contributed by atoms with Gasteiger partial charge in [0.25, 0.3) is 0 Å². The van der Waals surface area contributed by atoms with Gasteiger partial charge in [0.1, 0.15) is 41.7 Å². The number of aliphatic hydroxyl groups excluding tert-OH is 1. The average Bonchev–Trinajstić information content (AvgIpc) is 3.30. The Morgan fingerprint density at radius 3 is 1.44 bits per heavy atom. The van der Waals surface area contributed by atoms with Crippen LogP contribution in [-0.2, 0) is 53.8 Å². The molecule has 1 aliphatic heterocycles. The molecule has 1 aliphatic rings. The molecule has 0 aromatic heterocycles. The number of ether oxygens (including phenoxy) is 6. The van der Waals surface area contributed by atoms with E-state index in [1.165, 1.54) is 0 Å². The fraction of sp³-hybridized carbons (Fsp3) is 0.302. The van der Waals surface area contributed by atoms with Gasteiger partial charge in [-0.15, -0.1) is 0 Å². The zero-order chi connectivity index (χ0) is 43.2. The number of hydrogen-bond donors (Lipinski definition) is 2. The van der Waals surface area contributed by atoms with Crippen molar-refractivity contribution in [3.8, 4) is 0 Å². The second-order valence-electron chi connectivity index (χ2n) is 16.5. The Bertz CT molecular complexity index is 2110. The van der Waals surface area contributed by atoms with Crippen molar-refractivity contribution in [2.45, 2.75) is 88.4 Å². The first kappa shape index (κ1) is 44.4. The van der Waals surface area contributed by atoms with Crippen molar-refractivity contribution in [3.05, 3.63) is 215 Å². The number of carbonyl (C=O) groups is 1. The van der Waals surface area contributed by atoms with Crippen LogP contribution in [-0.4, -0.2) is 66.6 Å². The fourth-order valence-electron chi connectivity index (χ4n) is 7.91. The molecule has 0 bridgehead atoms. The standard InChI is InChI=1S/C53H57NO8/c1-52(2,3)62-51(56)54-47-48(45(55)37-60-53(42-28-16-7-17-29-42,43-30-18-8-19-31-43)44-32-20-9-21-33-44)61-46(38-57-34-39-22-10-4-11-23-39)49(58-35-40-24-12-5-13-25-40)50(47)59-36-41-26-14-6-15-27-41/h4-33,45-50,55H,34-38H2,1-3H3,(H,54,56)/t45-,46-,47+,48-,49+,50-/m1/s1. The molecular formula is C53H57NO8. The summed E-state index contributed by atoms with van der Waals surface area (Å²) in [6.45, 7) is 6.06. The Kier molecular flexibility index (Phi) is 15.3. The molecule has 0 saturated carbocycles. The zero-order valence-corrected chi connectivity index (χ0v) is 35.6. The summed E-state index contributed by atoms with van der Waals surface area (Å²) in [4.78, 5) is 13.9. The summed E-state index contributed by atoms with van der Waals surface area (Å²) in [5.74, 6) is 0. The first-order chi connectivity index (χ1) is 30.2. The van der Waals surface area contributed by atoms with Gasteiger partial charge in [0.05, 0.1) is 39.1 Å². The van der Waals surface area contributed by atoms with Crippen molar-refractivity contribution in [2.75, 3.05) is 13.2 Å². The van der Waals surface area contributed by atoms with Gasteiger partial charge in [0, 0.05) is 0 Å². The Labute approximate surface area is 365 Å². The Morgan fingerprint density at radius 1 is 0.597 bits per heavy atom. The second kappa shape index (κ2) is 21.4. The van der Waals surface area contributed by atoms with Gasteiger partial charge in [-0.25, -0.2) is 4.79 Å². The third-order valence-corrected chi connectivity index (χ3v) is 10.8. The molecule has 0 aliphatic carbocycles. The lowest BCUT2D eigenvalue weighted by atomic mass is 9.80. The molecule has 1 saturated heterocycles. The van der Waals surface area contributed by atoms with Crippen LogP contribution < -0.4 is 5.32 Å². The van der Waals surface area contributed by atoms with Crippen molar-refractivity contribution in [2.24, 2.45) is 0 Å². The van der Waals surface area contributed by atoms with E-state index >= 15 is 0 Å². The summed E-state index contributed by atoms with van der Waals surface area (Å²) >= 11 is 0. The van der Waals surface area contributed by atoms with Crippen molar-refractivity contribution in [1.29, 1.82) is 0 Å². The molecule has 6 aromatic rings. The molecule has 322 valence electrons. The first-order valence-corrected chi connectivity index (χ1v) is 21.3. The molecule has 6 aromatic carbocycles. The minimum absolute atomic E-state index is 0.102. The van der Waals surface area contributed by atoms with Crippen molar-refractivity contribution in [1.82, 2.24) is 5.32 Å². The lowest BCUT2D eigenvalue weighted by Crippen LogP contribution is -2.68. The Hall–Kier alpha value is -5.65. The summed E-state index contributed by atoms with van der Waals surface area (Å²) in [5, 5.41) is 15.7. The summed E-state index contributed by atoms with van der Waals surface area (Å²) in [6, 6.07) is 58.5. The maximum atomic E-state index is 13.9. The number of hydrogen-bond acceptors (Lipinski definition) is 8. The molecule has 6 atom stereocenters. The quantitative estimate of drug-likeness (QED) is 0.0826. The van der Waals surface area contributed by atoms with Crippen LogP contribution in [0, 0.1) is 0 Å². The summed E-state index contributed by atoms with van der Waals surface area (Å²) in [6.07, 6.45) is -5.44. The van der Waals surface area contributed by atoms with Crippen LogP contribution in [0.4, 0.5) is 4.79 Å². The molecular weight excluding hydrogens is 779 g/mol. The lowest BCUT2D eigenvalue weighted by molar-refractivity contribution is -0.251. The van der Waals surface area contributed by atoms with Crippen LogP contribution in [0.15, 0.2) is 182 Å². The monoisotopic (exact) mass is 835 g/mol. The van der Waals surface area contributed by atoms with E-state index < -0.39 is 53.9 Å². The van der Waals surface area contributed by atoms with Gasteiger partial charge >= 0.3 is 6.09 Å². The number of aliphatic hydroxyl groups is 1. The summed E-state index contributed by atoms with van der Waals surface area (Å²) in [5.41, 5.74) is 3.56. The number of benzene rings is 6. The van der Waals surface area contributed by atoms with Gasteiger partial charge < -0.3 is 38.8 Å². The molecule has 9 nitrogen and oxygen atoms in total. The van der Waals surface area contributed by atoms with Gasteiger partial charge in [-0.1, -0.05) is 182 Å². The molecule has 1 heterocycles. The van der Waals surface area contributed by atoms with E-state index in [0.717, 1.165) is 33.4 Å². The highest BCUT2D eigenvalue weighted by atomic mass is 16.6. The van der Waals surface area contributed by atoms with Gasteiger partial charge in [-0.05, 0) is 54.2 Å². The highest BCUT2D eigenvalue weighted by Crippen LogP contribution is 2.41. The van der Waals surface area contributed by atoms with Crippen molar-refractivity contribution in [3.63, 3.8) is 0 Å². The maximum absolute atomic E-state index is 13.9. The third kappa shape index (κ3) is 11.6. The SMILES string of the molecule is CC(C)(C)OC(=O)N[C@@H]1[C@@H](OCc2ccccc2)[C@@H](OCc2ccccc2)[C@@H](COCc2ccccc2)O[C@@H]1[C@H](O)COC(c1ccccc1)(c1ccccc1)c1ccccc1. The van der Waals surface area contributed by atoms with Crippen LogP contribution in [0.3, 0.4) is 0 Å². The first-order valence-electron chi connectivity index (χ1n) is 21.3. The predicted octanol–water partition coefficient (Wildman–Crippen LogP) is 9.40. The normalized spacial score (nSPS) is 19.6. The average molecular weight is 836 g/mol. The van der Waals surface area contributed by atoms with E-state index in [4.69, 9.17) is 28.4 Å². The molecule has 1 fully saturated rings. The highest BCUT2D eigenvalue weighted by Gasteiger charge is 2.51. The molecule has 1 amide bonds. The van der Waals surface area contributed by atoms with E-state index in [1.54, 1.807) is 20.8 Å². The minimum Gasteiger partial charge on any atom is -0.444 e. The number of alkyl carbamates (subject to hydrolysis) is 1. The van der Waals surface area contributed by atoms with Crippen molar-refractivity contribution < 1.29 is 38.3 Å². The molecule has 0 unspecified atom stereocenters. The van der Waals surface area contributed by atoms with Crippen LogP contribution >= 0.6 is 0 Å². The van der Waals surface area contributed by atoms with Crippen LogP contribution in [0.5, 0.6) is 0 Å². The molecule has 9 heteroatoms. The molecule has 2 N–H and O–H groups in total. The largest absolute Gasteiger partial charge is 0.444 e. The highest BCUT2D eigenvalue weighted by molar-refractivity contribution is 5.68. The van der Waals surface area contributed by atoms with E-state index in [0.29, 0.717) is 6.61 Å². The fourth-order valence-corrected chi connectivity index (χ4v) is 7.91.